The Morgan fingerprint density at radius 3 is 2.40 bits per heavy atom. The molecule has 0 aliphatic heterocycles. The van der Waals surface area contributed by atoms with Crippen molar-refractivity contribution in [3.8, 4) is 22.3 Å². The quantitative estimate of drug-likeness (QED) is 0.494. The van der Waals surface area contributed by atoms with Crippen LogP contribution in [0.25, 0.3) is 22.3 Å². The molecule has 6 nitrogen and oxygen atoms in total. The summed E-state index contributed by atoms with van der Waals surface area (Å²) in [5, 5.41) is 12.2. The van der Waals surface area contributed by atoms with Crippen LogP contribution in [0.5, 0.6) is 0 Å². The molecule has 2 N–H and O–H groups in total. The zero-order valence-corrected chi connectivity index (χ0v) is 18.2. The van der Waals surface area contributed by atoms with Gasteiger partial charge < -0.3 is 16.3 Å². The normalized spacial score (nSPS) is 10.1. The zero-order chi connectivity index (χ0) is 20.2. The molecule has 2 aromatic carbocycles. The molecule has 0 fully saturated rings. The first-order chi connectivity index (χ1) is 14.1. The number of furan rings is 1. The Labute approximate surface area is 196 Å². The molecule has 4 aromatic rings. The number of anilines is 1. The van der Waals surface area contributed by atoms with Crippen LogP contribution in [0.2, 0.25) is 0 Å². The summed E-state index contributed by atoms with van der Waals surface area (Å²) in [5.41, 5.74) is 3.78. The fourth-order valence-corrected chi connectivity index (χ4v) is 2.99. The Balaban J connectivity index is 0.00000171. The monoisotopic (exact) mass is 408 g/mol. The summed E-state index contributed by atoms with van der Waals surface area (Å²) in [7, 11) is 0. The van der Waals surface area contributed by atoms with Crippen molar-refractivity contribution in [1.29, 1.82) is 0 Å². The molecule has 30 heavy (non-hydrogen) atoms. The average Bonchev–Trinajstić information content (AvgIpc) is 3.29. The smallest absolute Gasteiger partial charge is 1.00 e. The summed E-state index contributed by atoms with van der Waals surface area (Å²) < 4.78 is 5.07. The van der Waals surface area contributed by atoms with Crippen molar-refractivity contribution in [2.24, 2.45) is 0 Å². The molecule has 0 aliphatic carbocycles. The van der Waals surface area contributed by atoms with Gasteiger partial charge in [-0.05, 0) is 35.4 Å². The van der Waals surface area contributed by atoms with E-state index in [4.69, 9.17) is 4.42 Å². The van der Waals surface area contributed by atoms with Crippen LogP contribution in [0.4, 0.5) is 5.69 Å². The van der Waals surface area contributed by atoms with Gasteiger partial charge in [0.2, 0.25) is 0 Å². The average molecular weight is 408 g/mol. The summed E-state index contributed by atoms with van der Waals surface area (Å²) in [6.07, 6.45) is 6.15. The van der Waals surface area contributed by atoms with E-state index in [0.29, 0.717) is 5.56 Å². The first kappa shape index (κ1) is 21.5. The molecule has 0 saturated carbocycles. The molecule has 0 radical (unpaired) electrons. The largest absolute Gasteiger partial charge is 1.00 e. The molecule has 2 aromatic heterocycles. The first-order valence-corrected chi connectivity index (χ1v) is 8.83. The standard InChI is InChI=1S/C23H16N2O4.Na.H/c26-22(19-10-18(12-24-13-19)17-8-9-29-14-17)25-21-11-16(6-7-20(21)23(27)28)15-4-2-1-3-5-15;;/h1-14H,(H,25,26)(H,27,28);;/q;+1;-1. The second-order valence-electron chi connectivity index (χ2n) is 6.36. The minimum Gasteiger partial charge on any atom is -1.00 e. The van der Waals surface area contributed by atoms with E-state index in [1.54, 1.807) is 36.7 Å². The minimum atomic E-state index is -1.12. The van der Waals surface area contributed by atoms with E-state index in [2.05, 4.69) is 10.3 Å². The predicted octanol–water partition coefficient (Wildman–Crippen LogP) is 2.08. The molecular formula is C23H17N2NaO4. The maximum atomic E-state index is 12.8. The maximum absolute atomic E-state index is 12.8. The fraction of sp³-hybridized carbons (Fsp3) is 0. The summed E-state index contributed by atoms with van der Waals surface area (Å²) in [4.78, 5) is 28.5. The van der Waals surface area contributed by atoms with Crippen molar-refractivity contribution < 1.29 is 50.1 Å². The Kier molecular flexibility index (Phi) is 6.84. The van der Waals surface area contributed by atoms with Gasteiger partial charge >= 0.3 is 35.5 Å². The van der Waals surface area contributed by atoms with Gasteiger partial charge in [0.15, 0.2) is 0 Å². The van der Waals surface area contributed by atoms with Crippen LogP contribution in [-0.2, 0) is 0 Å². The molecule has 0 unspecified atom stereocenters. The Morgan fingerprint density at radius 2 is 1.70 bits per heavy atom. The molecule has 0 saturated heterocycles. The topological polar surface area (TPSA) is 92.4 Å². The van der Waals surface area contributed by atoms with Crippen LogP contribution in [0.3, 0.4) is 0 Å². The van der Waals surface area contributed by atoms with E-state index >= 15 is 0 Å². The van der Waals surface area contributed by atoms with E-state index in [0.717, 1.165) is 22.3 Å². The number of carboxylic acids is 1. The van der Waals surface area contributed by atoms with Gasteiger partial charge in [0.05, 0.1) is 29.3 Å². The van der Waals surface area contributed by atoms with Gasteiger partial charge in [-0.25, -0.2) is 4.79 Å². The molecule has 0 bridgehead atoms. The van der Waals surface area contributed by atoms with Gasteiger partial charge in [0.25, 0.3) is 5.91 Å². The third kappa shape index (κ3) is 4.68. The van der Waals surface area contributed by atoms with Crippen LogP contribution in [-0.4, -0.2) is 22.0 Å². The van der Waals surface area contributed by atoms with Gasteiger partial charge in [0, 0.05) is 23.5 Å². The van der Waals surface area contributed by atoms with Crippen molar-refractivity contribution >= 4 is 17.6 Å². The van der Waals surface area contributed by atoms with Gasteiger partial charge in [-0.3, -0.25) is 9.78 Å². The van der Waals surface area contributed by atoms with Crippen LogP contribution < -0.4 is 34.9 Å². The molecule has 2 heterocycles. The van der Waals surface area contributed by atoms with Gasteiger partial charge in [-0.2, -0.15) is 0 Å². The van der Waals surface area contributed by atoms with Gasteiger partial charge in [-0.1, -0.05) is 36.4 Å². The van der Waals surface area contributed by atoms with Gasteiger partial charge in [0.1, 0.15) is 0 Å². The molecule has 4 rings (SSSR count). The number of carbonyl (C=O) groups is 2. The van der Waals surface area contributed by atoms with Crippen molar-refractivity contribution in [2.75, 3.05) is 5.32 Å². The van der Waals surface area contributed by atoms with Crippen LogP contribution in [0.15, 0.2) is 90.0 Å². The summed E-state index contributed by atoms with van der Waals surface area (Å²) in [5.74, 6) is -1.57. The Hall–Kier alpha value is -3.19. The van der Waals surface area contributed by atoms with E-state index in [1.807, 2.05) is 30.3 Å². The number of aromatic carboxylic acids is 1. The number of hydrogen-bond donors (Lipinski definition) is 2. The van der Waals surface area contributed by atoms with Crippen molar-refractivity contribution in [2.45, 2.75) is 0 Å². The second kappa shape index (κ2) is 9.54. The summed E-state index contributed by atoms with van der Waals surface area (Å²) in [6.45, 7) is 0. The molecule has 7 heteroatoms. The van der Waals surface area contributed by atoms with Crippen molar-refractivity contribution in [3.63, 3.8) is 0 Å². The van der Waals surface area contributed by atoms with Crippen molar-refractivity contribution in [3.05, 3.63) is 96.7 Å². The predicted molar refractivity (Wildman–Crippen MR) is 110 cm³/mol. The summed E-state index contributed by atoms with van der Waals surface area (Å²) in [6, 6.07) is 17.8. The van der Waals surface area contributed by atoms with E-state index in [-0.39, 0.29) is 42.2 Å². The maximum Gasteiger partial charge on any atom is 1.00 e. The Morgan fingerprint density at radius 1 is 0.900 bits per heavy atom. The van der Waals surface area contributed by atoms with Gasteiger partial charge in [-0.15, -0.1) is 0 Å². The molecule has 0 spiro atoms. The number of rotatable bonds is 5. The number of carbonyl (C=O) groups excluding carboxylic acids is 1. The van der Waals surface area contributed by atoms with Crippen LogP contribution in [0.1, 0.15) is 22.1 Å². The fourth-order valence-electron chi connectivity index (χ4n) is 2.99. The number of hydrogen-bond acceptors (Lipinski definition) is 4. The third-order valence-electron chi connectivity index (χ3n) is 4.46. The number of nitrogens with zero attached hydrogens (tertiary/aromatic N) is 1. The zero-order valence-electron chi connectivity index (χ0n) is 17.2. The number of amides is 1. The molecule has 144 valence electrons. The van der Waals surface area contributed by atoms with E-state index in [9.17, 15) is 14.7 Å². The molecule has 0 atom stereocenters. The van der Waals surface area contributed by atoms with Crippen LogP contribution in [0, 0.1) is 0 Å². The molecule has 0 aliphatic rings. The molecular weight excluding hydrogens is 391 g/mol. The summed E-state index contributed by atoms with van der Waals surface area (Å²) >= 11 is 0. The third-order valence-corrected chi connectivity index (χ3v) is 4.46. The second-order valence-corrected chi connectivity index (χ2v) is 6.36. The number of carboxylic acid groups (broad SMARTS) is 1. The van der Waals surface area contributed by atoms with Crippen LogP contribution >= 0.6 is 0 Å². The van der Waals surface area contributed by atoms with E-state index < -0.39 is 11.9 Å². The van der Waals surface area contributed by atoms with Crippen molar-refractivity contribution in [1.82, 2.24) is 4.98 Å². The minimum absolute atomic E-state index is 0. The number of pyridine rings is 1. The Bertz CT molecular complexity index is 1180. The number of benzene rings is 2. The van der Waals surface area contributed by atoms with E-state index in [1.165, 1.54) is 18.5 Å². The first-order valence-electron chi connectivity index (χ1n) is 8.83. The molecule has 1 amide bonds. The number of nitrogens with one attached hydrogen (secondary N) is 1. The number of aromatic nitrogens is 1. The SMILES string of the molecule is O=C(Nc1cc(-c2ccccc2)ccc1C(=O)O)c1cncc(-c2ccoc2)c1.[H-].[Na+].